The summed E-state index contributed by atoms with van der Waals surface area (Å²) in [6.45, 7) is 7.05. The van der Waals surface area contributed by atoms with Gasteiger partial charge in [-0.2, -0.15) is 0 Å². The Morgan fingerprint density at radius 2 is 1.67 bits per heavy atom. The second kappa shape index (κ2) is 6.06. The topological polar surface area (TPSA) is 12.0 Å². The fourth-order valence-corrected chi connectivity index (χ4v) is 1.84. The summed E-state index contributed by atoms with van der Waals surface area (Å²) in [5.74, 6) is 0. The molecule has 2 aromatic carbocycles. The summed E-state index contributed by atoms with van der Waals surface area (Å²) in [6.07, 6.45) is 1.08. The molecular weight excluding hydrogens is 218 g/mol. The third-order valence-corrected chi connectivity index (χ3v) is 3.05. The van der Waals surface area contributed by atoms with Crippen LogP contribution in [-0.2, 0) is 6.42 Å². The minimum Gasteiger partial charge on any atom is -0.381 e. The van der Waals surface area contributed by atoms with Gasteiger partial charge in [0.25, 0.3) is 0 Å². The molecule has 0 atom stereocenters. The van der Waals surface area contributed by atoms with Crippen molar-refractivity contribution in [2.45, 2.75) is 13.3 Å². The van der Waals surface area contributed by atoms with Crippen molar-refractivity contribution in [1.29, 1.82) is 0 Å². The molecule has 0 aliphatic rings. The summed E-state index contributed by atoms with van der Waals surface area (Å²) in [4.78, 5) is 0. The van der Waals surface area contributed by atoms with Crippen LogP contribution in [0.3, 0.4) is 0 Å². The molecule has 0 aromatic heterocycles. The quantitative estimate of drug-likeness (QED) is 0.814. The van der Waals surface area contributed by atoms with E-state index in [-0.39, 0.29) is 0 Å². The van der Waals surface area contributed by atoms with Crippen LogP contribution in [-0.4, -0.2) is 6.54 Å². The van der Waals surface area contributed by atoms with Crippen molar-refractivity contribution in [2.75, 3.05) is 11.9 Å². The highest BCUT2D eigenvalue weighted by Gasteiger charge is 1.98. The van der Waals surface area contributed by atoms with Gasteiger partial charge in [0.15, 0.2) is 0 Å². The highest BCUT2D eigenvalue weighted by atomic mass is 14.9. The van der Waals surface area contributed by atoms with Crippen LogP contribution in [0.25, 0.3) is 5.57 Å². The minimum absolute atomic E-state index is 0.773. The van der Waals surface area contributed by atoms with Crippen molar-refractivity contribution in [3.63, 3.8) is 0 Å². The maximum atomic E-state index is 4.11. The third kappa shape index (κ3) is 3.24. The molecule has 0 amide bonds. The highest BCUT2D eigenvalue weighted by Crippen LogP contribution is 2.14. The van der Waals surface area contributed by atoms with Gasteiger partial charge in [-0.25, -0.2) is 0 Å². The second-order valence-corrected chi connectivity index (χ2v) is 4.37. The van der Waals surface area contributed by atoms with Gasteiger partial charge in [-0.05, 0) is 35.3 Å². The number of anilines is 1. The average molecular weight is 237 g/mol. The molecule has 0 fully saturated rings. The summed E-state index contributed by atoms with van der Waals surface area (Å²) >= 11 is 0. The average Bonchev–Trinajstić information content (AvgIpc) is 2.46. The largest absolute Gasteiger partial charge is 0.381 e. The summed E-state index contributed by atoms with van der Waals surface area (Å²) < 4.78 is 0. The van der Waals surface area contributed by atoms with Gasteiger partial charge >= 0.3 is 0 Å². The Labute approximate surface area is 109 Å². The van der Waals surface area contributed by atoms with Gasteiger partial charge in [0.05, 0.1) is 0 Å². The van der Waals surface area contributed by atoms with Crippen LogP contribution in [0.2, 0.25) is 0 Å². The molecule has 1 heteroatoms. The first-order valence-corrected chi connectivity index (χ1v) is 6.35. The fourth-order valence-electron chi connectivity index (χ4n) is 1.84. The summed E-state index contributed by atoms with van der Waals surface area (Å²) in [5, 5.41) is 3.39. The predicted molar refractivity (Wildman–Crippen MR) is 79.8 cm³/mol. The van der Waals surface area contributed by atoms with Crippen LogP contribution in [0.15, 0.2) is 61.2 Å². The monoisotopic (exact) mass is 237 g/mol. The number of hydrogen-bond donors (Lipinski definition) is 1. The number of benzene rings is 2. The van der Waals surface area contributed by atoms with Crippen molar-refractivity contribution in [3.8, 4) is 0 Å². The van der Waals surface area contributed by atoms with E-state index in [1.165, 1.54) is 11.1 Å². The number of hydrogen-bond acceptors (Lipinski definition) is 1. The Morgan fingerprint density at radius 1 is 1.00 bits per heavy atom. The Kier molecular flexibility index (Phi) is 4.19. The van der Waals surface area contributed by atoms with Gasteiger partial charge in [-0.1, -0.05) is 56.0 Å². The lowest BCUT2D eigenvalue weighted by molar-refractivity contribution is 1.14. The second-order valence-electron chi connectivity index (χ2n) is 4.37. The molecule has 0 bridgehead atoms. The van der Waals surface area contributed by atoms with Crippen LogP contribution in [0, 0.1) is 0 Å². The normalized spacial score (nSPS) is 10.1. The van der Waals surface area contributed by atoms with Crippen molar-refractivity contribution < 1.29 is 0 Å². The molecule has 18 heavy (non-hydrogen) atoms. The van der Waals surface area contributed by atoms with E-state index in [1.807, 2.05) is 18.2 Å². The zero-order chi connectivity index (χ0) is 12.8. The lowest BCUT2D eigenvalue weighted by Gasteiger charge is -2.09. The van der Waals surface area contributed by atoms with Crippen molar-refractivity contribution in [3.05, 3.63) is 72.3 Å². The first kappa shape index (κ1) is 12.4. The molecule has 1 N–H and O–H groups in total. The molecule has 1 nitrogen and oxygen atoms in total. The Morgan fingerprint density at radius 3 is 2.28 bits per heavy atom. The molecule has 0 saturated carbocycles. The van der Waals surface area contributed by atoms with Crippen LogP contribution in [0.1, 0.15) is 18.1 Å². The van der Waals surface area contributed by atoms with Gasteiger partial charge < -0.3 is 5.32 Å². The van der Waals surface area contributed by atoms with Gasteiger partial charge in [0.2, 0.25) is 0 Å². The maximum absolute atomic E-state index is 4.11. The highest BCUT2D eigenvalue weighted by molar-refractivity contribution is 5.67. The standard InChI is InChI=1S/C17H19N/c1-3-15-9-11-17(12-10-15)18-13-14(2)16-7-5-4-6-8-16/h4-12,18H,2-3,13H2,1H3. The van der Waals surface area contributed by atoms with Gasteiger partial charge in [0, 0.05) is 12.2 Å². The van der Waals surface area contributed by atoms with E-state index in [1.54, 1.807) is 0 Å². The van der Waals surface area contributed by atoms with E-state index < -0.39 is 0 Å². The fraction of sp³-hybridized carbons (Fsp3) is 0.176. The summed E-state index contributed by atoms with van der Waals surface area (Å²) in [5.41, 5.74) is 4.80. The van der Waals surface area contributed by atoms with Gasteiger partial charge in [-0.3, -0.25) is 0 Å². The van der Waals surface area contributed by atoms with Crippen LogP contribution < -0.4 is 5.32 Å². The summed E-state index contributed by atoms with van der Waals surface area (Å²) in [6, 6.07) is 18.8. The molecule has 2 aromatic rings. The molecule has 2 rings (SSSR count). The van der Waals surface area contributed by atoms with Crippen LogP contribution >= 0.6 is 0 Å². The lowest BCUT2D eigenvalue weighted by atomic mass is 10.1. The van der Waals surface area contributed by atoms with Crippen molar-refractivity contribution in [2.24, 2.45) is 0 Å². The molecule has 0 heterocycles. The zero-order valence-corrected chi connectivity index (χ0v) is 10.8. The van der Waals surface area contributed by atoms with E-state index in [4.69, 9.17) is 0 Å². The molecule has 0 unspecified atom stereocenters. The van der Waals surface area contributed by atoms with E-state index in [9.17, 15) is 0 Å². The molecule has 0 saturated heterocycles. The number of rotatable bonds is 5. The van der Waals surface area contributed by atoms with E-state index in [0.29, 0.717) is 0 Å². The first-order valence-electron chi connectivity index (χ1n) is 6.35. The van der Waals surface area contributed by atoms with Crippen molar-refractivity contribution in [1.82, 2.24) is 0 Å². The lowest BCUT2D eigenvalue weighted by Crippen LogP contribution is -2.03. The minimum atomic E-state index is 0.773. The third-order valence-electron chi connectivity index (χ3n) is 3.05. The Hall–Kier alpha value is -2.02. The molecular formula is C17H19N. The molecule has 0 spiro atoms. The van der Waals surface area contributed by atoms with E-state index in [2.05, 4.69) is 55.2 Å². The smallest absolute Gasteiger partial charge is 0.0400 e. The molecule has 92 valence electrons. The van der Waals surface area contributed by atoms with Gasteiger partial charge in [0.1, 0.15) is 0 Å². The van der Waals surface area contributed by atoms with E-state index >= 15 is 0 Å². The first-order chi connectivity index (χ1) is 8.79. The predicted octanol–water partition coefficient (Wildman–Crippen LogP) is 4.37. The number of aryl methyl sites for hydroxylation is 1. The number of nitrogens with one attached hydrogen (secondary N) is 1. The summed E-state index contributed by atoms with van der Waals surface area (Å²) in [7, 11) is 0. The SMILES string of the molecule is C=C(CNc1ccc(CC)cc1)c1ccccc1. The molecule has 0 aliphatic carbocycles. The molecule has 0 aliphatic heterocycles. The Bertz CT molecular complexity index is 497. The van der Waals surface area contributed by atoms with Crippen LogP contribution in [0.5, 0.6) is 0 Å². The zero-order valence-electron chi connectivity index (χ0n) is 10.8. The van der Waals surface area contributed by atoms with Crippen molar-refractivity contribution >= 4 is 11.3 Å². The molecule has 0 radical (unpaired) electrons. The maximum Gasteiger partial charge on any atom is 0.0400 e. The van der Waals surface area contributed by atoms with Crippen LogP contribution in [0.4, 0.5) is 5.69 Å². The Balaban J connectivity index is 1.93. The van der Waals surface area contributed by atoms with E-state index in [0.717, 1.165) is 24.2 Å². The van der Waals surface area contributed by atoms with Gasteiger partial charge in [-0.15, -0.1) is 0 Å².